The summed E-state index contributed by atoms with van der Waals surface area (Å²) >= 11 is 0. The molecule has 0 saturated heterocycles. The second kappa shape index (κ2) is 6.65. The first-order valence-corrected chi connectivity index (χ1v) is 4.09. The molecule has 0 fully saturated rings. The van der Waals surface area contributed by atoms with E-state index in [0.29, 0.717) is 12.2 Å². The van der Waals surface area contributed by atoms with Crippen molar-refractivity contribution >= 4 is 6.47 Å². The van der Waals surface area contributed by atoms with Gasteiger partial charge in [0.05, 0.1) is 0 Å². The lowest BCUT2D eigenvalue weighted by Gasteiger charge is -1.97. The Labute approximate surface area is 73.9 Å². The average molecular weight is 168 g/mol. The predicted molar refractivity (Wildman–Crippen MR) is 49.6 cm³/mol. The van der Waals surface area contributed by atoms with Gasteiger partial charge in [-0.15, -0.1) is 0 Å². The van der Waals surface area contributed by atoms with Crippen LogP contribution in [0.1, 0.15) is 33.6 Å². The predicted octanol–water partition coefficient (Wildman–Crippen LogP) is 2.81. The van der Waals surface area contributed by atoms with Crippen LogP contribution in [-0.2, 0) is 9.53 Å². The first kappa shape index (κ1) is 11.0. The molecule has 0 rings (SSSR count). The molecule has 68 valence electrons. The molecule has 0 unspecified atom stereocenters. The minimum absolute atomic E-state index is 0.453. The molecule has 0 amide bonds. The summed E-state index contributed by atoms with van der Waals surface area (Å²) in [5.74, 6) is 0.675. The van der Waals surface area contributed by atoms with E-state index in [1.807, 2.05) is 13.0 Å². The van der Waals surface area contributed by atoms with Crippen LogP contribution in [0.5, 0.6) is 0 Å². The third-order valence-corrected chi connectivity index (χ3v) is 1.70. The van der Waals surface area contributed by atoms with E-state index in [4.69, 9.17) is 0 Å². The van der Waals surface area contributed by atoms with E-state index in [9.17, 15) is 4.79 Å². The van der Waals surface area contributed by atoms with Gasteiger partial charge in [0, 0.05) is 0 Å². The van der Waals surface area contributed by atoms with Crippen LogP contribution >= 0.6 is 0 Å². The minimum atomic E-state index is 0.453. The molecule has 0 aliphatic rings. The summed E-state index contributed by atoms with van der Waals surface area (Å²) in [7, 11) is 0. The van der Waals surface area contributed by atoms with Gasteiger partial charge < -0.3 is 4.74 Å². The maximum Gasteiger partial charge on any atom is 0.298 e. The van der Waals surface area contributed by atoms with Gasteiger partial charge in [-0.2, -0.15) is 0 Å². The molecule has 0 aromatic rings. The summed E-state index contributed by atoms with van der Waals surface area (Å²) in [6, 6.07) is 0. The van der Waals surface area contributed by atoms with Gasteiger partial charge in [-0.1, -0.05) is 11.6 Å². The highest BCUT2D eigenvalue weighted by molar-refractivity contribution is 5.39. The van der Waals surface area contributed by atoms with Gasteiger partial charge in [0.15, 0.2) is 0 Å². The molecule has 0 spiro atoms. The molecule has 0 aromatic heterocycles. The molecule has 0 atom stereocenters. The average Bonchev–Trinajstić information content (AvgIpc) is 2.04. The highest BCUT2D eigenvalue weighted by atomic mass is 16.5. The number of ether oxygens (including phenoxy) is 1. The van der Waals surface area contributed by atoms with Crippen molar-refractivity contribution in [1.82, 2.24) is 0 Å². The monoisotopic (exact) mass is 168 g/mol. The Morgan fingerprint density at radius 2 is 2.08 bits per heavy atom. The number of hydrogen-bond acceptors (Lipinski definition) is 2. The number of carbonyl (C=O) groups is 1. The molecule has 0 aliphatic carbocycles. The Balaban J connectivity index is 3.66. The van der Waals surface area contributed by atoms with E-state index in [2.05, 4.69) is 17.7 Å². The molecule has 0 radical (unpaired) electrons. The fourth-order valence-corrected chi connectivity index (χ4v) is 0.771. The maximum atomic E-state index is 9.89. The zero-order valence-electron chi connectivity index (χ0n) is 7.96. The molecule has 0 aliphatic heterocycles. The Bertz CT molecular complexity index is 190. The minimum Gasteiger partial charge on any atom is -0.434 e. The van der Waals surface area contributed by atoms with Crippen molar-refractivity contribution in [2.24, 2.45) is 0 Å². The van der Waals surface area contributed by atoms with Crippen molar-refractivity contribution in [3.8, 4) is 0 Å². The lowest BCUT2D eigenvalue weighted by molar-refractivity contribution is -0.125. The normalized spacial score (nSPS) is 12.9. The van der Waals surface area contributed by atoms with Crippen molar-refractivity contribution in [3.05, 3.63) is 23.5 Å². The third-order valence-electron chi connectivity index (χ3n) is 1.70. The summed E-state index contributed by atoms with van der Waals surface area (Å²) in [5, 5.41) is 0. The molecule has 0 aromatic carbocycles. The molecule has 2 heteroatoms. The fraction of sp³-hybridized carbons (Fsp3) is 0.500. The smallest absolute Gasteiger partial charge is 0.298 e. The van der Waals surface area contributed by atoms with Gasteiger partial charge in [0.1, 0.15) is 5.76 Å². The number of allylic oxidation sites excluding steroid dienone is 4. The van der Waals surface area contributed by atoms with Crippen LogP contribution in [0.4, 0.5) is 0 Å². The molecule has 0 bridgehead atoms. The van der Waals surface area contributed by atoms with Crippen molar-refractivity contribution in [3.63, 3.8) is 0 Å². The summed E-state index contributed by atoms with van der Waals surface area (Å²) < 4.78 is 4.62. The van der Waals surface area contributed by atoms with E-state index in [1.165, 1.54) is 5.57 Å². The van der Waals surface area contributed by atoms with E-state index in [1.54, 1.807) is 6.92 Å². The van der Waals surface area contributed by atoms with Gasteiger partial charge in [0.25, 0.3) is 6.47 Å². The van der Waals surface area contributed by atoms with Crippen LogP contribution in [0.3, 0.4) is 0 Å². The quantitative estimate of drug-likeness (QED) is 0.358. The van der Waals surface area contributed by atoms with Gasteiger partial charge in [-0.25, -0.2) is 0 Å². The second-order valence-corrected chi connectivity index (χ2v) is 2.70. The number of rotatable bonds is 5. The fourth-order valence-electron chi connectivity index (χ4n) is 0.771. The zero-order chi connectivity index (χ0) is 9.40. The Kier molecular flexibility index (Phi) is 6.07. The van der Waals surface area contributed by atoms with Crippen LogP contribution in [0.15, 0.2) is 23.5 Å². The third kappa shape index (κ3) is 5.71. The van der Waals surface area contributed by atoms with Crippen LogP contribution in [0.2, 0.25) is 0 Å². The number of hydrogen-bond donors (Lipinski definition) is 0. The van der Waals surface area contributed by atoms with Crippen LogP contribution in [0, 0.1) is 0 Å². The van der Waals surface area contributed by atoms with E-state index in [0.717, 1.165) is 12.8 Å². The molecular weight excluding hydrogens is 152 g/mol. The molecule has 12 heavy (non-hydrogen) atoms. The Morgan fingerprint density at radius 1 is 1.42 bits per heavy atom. The van der Waals surface area contributed by atoms with Crippen molar-refractivity contribution in [2.45, 2.75) is 33.6 Å². The lowest BCUT2D eigenvalue weighted by Crippen LogP contribution is -1.84. The Morgan fingerprint density at radius 3 is 2.58 bits per heavy atom. The highest BCUT2D eigenvalue weighted by Gasteiger charge is 1.89. The first-order valence-electron chi connectivity index (χ1n) is 4.09. The Hall–Kier alpha value is -1.05. The molecule has 2 nitrogen and oxygen atoms in total. The van der Waals surface area contributed by atoms with Gasteiger partial charge in [0.2, 0.25) is 0 Å². The SMILES string of the molecule is C/C=C(\C)CC/C=C(\C)OC=O. The highest BCUT2D eigenvalue weighted by Crippen LogP contribution is 2.06. The molecule has 0 saturated carbocycles. The van der Waals surface area contributed by atoms with Crippen molar-refractivity contribution in [1.29, 1.82) is 0 Å². The molecular formula is C10H16O2. The maximum absolute atomic E-state index is 9.89. The topological polar surface area (TPSA) is 26.3 Å². The van der Waals surface area contributed by atoms with Crippen LogP contribution < -0.4 is 0 Å². The summed E-state index contributed by atoms with van der Waals surface area (Å²) in [6.07, 6.45) is 5.96. The summed E-state index contributed by atoms with van der Waals surface area (Å²) in [5.41, 5.74) is 1.35. The van der Waals surface area contributed by atoms with Gasteiger partial charge in [-0.3, -0.25) is 4.79 Å². The van der Waals surface area contributed by atoms with Crippen molar-refractivity contribution in [2.75, 3.05) is 0 Å². The number of carbonyl (C=O) groups excluding carboxylic acids is 1. The van der Waals surface area contributed by atoms with E-state index < -0.39 is 0 Å². The summed E-state index contributed by atoms with van der Waals surface area (Å²) in [6.45, 7) is 6.34. The van der Waals surface area contributed by atoms with E-state index >= 15 is 0 Å². The lowest BCUT2D eigenvalue weighted by atomic mass is 10.1. The van der Waals surface area contributed by atoms with Crippen LogP contribution in [0.25, 0.3) is 0 Å². The standard InChI is InChI=1S/C10H16O2/c1-4-9(2)6-5-7-10(3)12-8-11/h4,7-8H,5-6H2,1-3H3/b9-4+,10-7+. The largest absolute Gasteiger partial charge is 0.434 e. The van der Waals surface area contributed by atoms with Crippen molar-refractivity contribution < 1.29 is 9.53 Å². The van der Waals surface area contributed by atoms with Crippen LogP contribution in [-0.4, -0.2) is 6.47 Å². The molecule has 0 heterocycles. The van der Waals surface area contributed by atoms with Gasteiger partial charge in [-0.05, 0) is 39.7 Å². The summed E-state index contributed by atoms with van der Waals surface area (Å²) in [4.78, 5) is 9.89. The first-order chi connectivity index (χ1) is 5.70. The van der Waals surface area contributed by atoms with Gasteiger partial charge >= 0.3 is 0 Å². The van der Waals surface area contributed by atoms with E-state index in [-0.39, 0.29) is 0 Å². The molecule has 0 N–H and O–H groups in total. The zero-order valence-corrected chi connectivity index (χ0v) is 7.96. The second-order valence-electron chi connectivity index (χ2n) is 2.70.